The van der Waals surface area contributed by atoms with Crippen LogP contribution in [0.2, 0.25) is 0 Å². The van der Waals surface area contributed by atoms with Crippen LogP contribution in [0.1, 0.15) is 36.5 Å². The lowest BCUT2D eigenvalue weighted by molar-refractivity contribution is 0.650. The maximum atomic E-state index is 6.90. The van der Waals surface area contributed by atoms with Gasteiger partial charge < -0.3 is 13.7 Å². The maximum absolute atomic E-state index is 6.90. The maximum Gasteiger partial charge on any atom is 0.159 e. The Morgan fingerprint density at radius 1 is 0.562 bits per heavy atom. The van der Waals surface area contributed by atoms with Gasteiger partial charge in [0.2, 0.25) is 0 Å². The van der Waals surface area contributed by atoms with E-state index in [0.29, 0.717) is 0 Å². The van der Waals surface area contributed by atoms with Crippen LogP contribution in [-0.4, -0.2) is 6.04 Å². The second kappa shape index (κ2) is 10.1. The van der Waals surface area contributed by atoms with Crippen molar-refractivity contribution in [2.75, 3.05) is 4.90 Å². The summed E-state index contributed by atoms with van der Waals surface area (Å²) in [6, 6.07) is 45.6. The van der Waals surface area contributed by atoms with Crippen molar-refractivity contribution in [3.8, 4) is 11.1 Å². The third-order valence-electron chi connectivity index (χ3n) is 10.7. The predicted molar refractivity (Wildman–Crippen MR) is 198 cm³/mol. The van der Waals surface area contributed by atoms with Gasteiger partial charge in [0.05, 0.1) is 17.1 Å². The van der Waals surface area contributed by atoms with E-state index in [-0.39, 0.29) is 17.4 Å². The van der Waals surface area contributed by atoms with Gasteiger partial charge in [-0.2, -0.15) is 0 Å². The summed E-state index contributed by atoms with van der Waals surface area (Å²) in [5.41, 5.74) is 12.1. The number of nitrogens with zero attached hydrogens (tertiary/aromatic N) is 1. The largest absolute Gasteiger partial charge is 0.456 e. The lowest BCUT2D eigenvalue weighted by Crippen LogP contribution is -2.35. The zero-order valence-corrected chi connectivity index (χ0v) is 26.9. The zero-order valence-electron chi connectivity index (χ0n) is 26.9. The second-order valence-electron chi connectivity index (χ2n) is 13.6. The van der Waals surface area contributed by atoms with Crippen LogP contribution in [0, 0.1) is 0 Å². The first-order valence-electron chi connectivity index (χ1n) is 16.8. The number of hydrogen-bond acceptors (Lipinski definition) is 3. The van der Waals surface area contributed by atoms with E-state index in [0.717, 1.165) is 55.3 Å². The minimum atomic E-state index is -0.141. The van der Waals surface area contributed by atoms with Gasteiger partial charge in [0.25, 0.3) is 0 Å². The first kappa shape index (κ1) is 27.3. The molecule has 2 aliphatic rings. The van der Waals surface area contributed by atoms with E-state index in [2.05, 4.69) is 158 Å². The summed E-state index contributed by atoms with van der Waals surface area (Å²) in [5.74, 6) is 0.0995. The van der Waals surface area contributed by atoms with Crippen molar-refractivity contribution >= 4 is 55.3 Å². The van der Waals surface area contributed by atoms with Crippen molar-refractivity contribution in [2.45, 2.75) is 31.2 Å². The molecule has 230 valence electrons. The van der Waals surface area contributed by atoms with Crippen molar-refractivity contribution in [1.29, 1.82) is 0 Å². The molecule has 8 aromatic rings. The van der Waals surface area contributed by atoms with Gasteiger partial charge in [0.15, 0.2) is 5.58 Å². The number of allylic oxidation sites excluding steroid dienone is 2. The van der Waals surface area contributed by atoms with Gasteiger partial charge >= 0.3 is 0 Å². The fraction of sp³-hybridized carbons (Fsp3) is 0.111. The molecule has 0 saturated heterocycles. The smallest absolute Gasteiger partial charge is 0.159 e. The molecular formula is C45H33NO2. The van der Waals surface area contributed by atoms with Crippen molar-refractivity contribution in [3.63, 3.8) is 0 Å². The van der Waals surface area contributed by atoms with Gasteiger partial charge in [-0.15, -0.1) is 0 Å². The molecule has 48 heavy (non-hydrogen) atoms. The van der Waals surface area contributed by atoms with Gasteiger partial charge in [-0.25, -0.2) is 0 Å². The van der Waals surface area contributed by atoms with Crippen LogP contribution in [0.25, 0.3) is 55.0 Å². The second-order valence-corrected chi connectivity index (χ2v) is 13.6. The molecule has 0 fully saturated rings. The Morgan fingerprint density at radius 3 is 2.10 bits per heavy atom. The number of rotatable bonds is 4. The van der Waals surface area contributed by atoms with Gasteiger partial charge in [-0.3, -0.25) is 0 Å². The van der Waals surface area contributed by atoms with Crippen molar-refractivity contribution in [3.05, 3.63) is 168 Å². The molecule has 0 bridgehead atoms. The highest BCUT2D eigenvalue weighted by atomic mass is 16.3. The molecule has 2 aliphatic carbocycles. The fourth-order valence-electron chi connectivity index (χ4n) is 8.39. The molecule has 0 aliphatic heterocycles. The molecule has 3 nitrogen and oxygen atoms in total. The number of hydrogen-bond donors (Lipinski definition) is 0. The van der Waals surface area contributed by atoms with Crippen LogP contribution in [0.5, 0.6) is 0 Å². The van der Waals surface area contributed by atoms with E-state index >= 15 is 0 Å². The Kier molecular flexibility index (Phi) is 5.75. The zero-order chi connectivity index (χ0) is 32.0. The molecular weight excluding hydrogens is 587 g/mol. The quantitative estimate of drug-likeness (QED) is 0.196. The summed E-state index contributed by atoms with van der Waals surface area (Å²) in [5, 5.41) is 4.28. The van der Waals surface area contributed by atoms with Crippen LogP contribution in [0.15, 0.2) is 161 Å². The first-order valence-corrected chi connectivity index (χ1v) is 16.8. The Morgan fingerprint density at radius 2 is 1.25 bits per heavy atom. The monoisotopic (exact) mass is 619 g/mol. The highest BCUT2D eigenvalue weighted by Crippen LogP contribution is 2.53. The van der Waals surface area contributed by atoms with Crippen LogP contribution in [0.3, 0.4) is 0 Å². The van der Waals surface area contributed by atoms with E-state index in [1.807, 2.05) is 12.1 Å². The number of para-hydroxylation sites is 2. The molecule has 0 amide bonds. The molecule has 0 saturated carbocycles. The Labute approximate surface area is 279 Å². The normalized spacial score (nSPS) is 17.8. The van der Waals surface area contributed by atoms with E-state index in [9.17, 15) is 0 Å². The third-order valence-corrected chi connectivity index (χ3v) is 10.7. The Hall–Kier alpha value is -5.80. The number of fused-ring (bicyclic) bond motifs is 9. The Balaban J connectivity index is 1.33. The van der Waals surface area contributed by atoms with Crippen LogP contribution in [0.4, 0.5) is 11.4 Å². The molecule has 0 radical (unpaired) electrons. The molecule has 0 spiro atoms. The molecule has 2 unspecified atom stereocenters. The standard InChI is InChI=1S/C45H33NO2/c1-45(2)36-20-10-6-17-31(36)32-25-24-29(26-37(32)45)46(38-21-11-7-16-30(38)28-14-4-3-5-15-28)43-42-34-19-9-13-23-40(34)47-41(42)27-35-33-18-8-12-22-39(33)48-44(35)43/h3-27,30,38H,1-2H3. The highest BCUT2D eigenvalue weighted by molar-refractivity contribution is 6.23. The lowest BCUT2D eigenvalue weighted by atomic mass is 9.82. The van der Waals surface area contributed by atoms with Crippen LogP contribution >= 0.6 is 0 Å². The minimum absolute atomic E-state index is 0.0435. The average Bonchev–Trinajstić information content (AvgIpc) is 3.77. The van der Waals surface area contributed by atoms with Crippen molar-refractivity contribution < 1.29 is 8.83 Å². The number of benzene rings is 6. The summed E-state index contributed by atoms with van der Waals surface area (Å²) >= 11 is 0. The molecule has 3 heteroatoms. The van der Waals surface area contributed by atoms with Gasteiger partial charge in [-0.1, -0.05) is 135 Å². The fourth-order valence-corrected chi connectivity index (χ4v) is 8.39. The highest BCUT2D eigenvalue weighted by Gasteiger charge is 2.38. The van der Waals surface area contributed by atoms with E-state index < -0.39 is 0 Å². The van der Waals surface area contributed by atoms with Gasteiger partial charge in [-0.05, 0) is 58.1 Å². The summed E-state index contributed by atoms with van der Waals surface area (Å²) < 4.78 is 13.6. The van der Waals surface area contributed by atoms with Crippen molar-refractivity contribution in [2.24, 2.45) is 0 Å². The minimum Gasteiger partial charge on any atom is -0.456 e. The summed E-state index contributed by atoms with van der Waals surface area (Å²) in [7, 11) is 0. The summed E-state index contributed by atoms with van der Waals surface area (Å²) in [4.78, 5) is 2.53. The summed E-state index contributed by atoms with van der Waals surface area (Å²) in [6.07, 6.45) is 9.05. The molecule has 10 rings (SSSR count). The Bertz CT molecular complexity index is 2610. The molecule has 6 aromatic carbocycles. The van der Waals surface area contributed by atoms with E-state index in [1.165, 1.54) is 27.8 Å². The summed E-state index contributed by atoms with van der Waals surface area (Å²) in [6.45, 7) is 4.70. The first-order chi connectivity index (χ1) is 23.6. The topological polar surface area (TPSA) is 29.5 Å². The van der Waals surface area contributed by atoms with Crippen LogP contribution < -0.4 is 4.90 Å². The molecule has 2 heterocycles. The predicted octanol–water partition coefficient (Wildman–Crippen LogP) is 12.2. The van der Waals surface area contributed by atoms with Gasteiger partial charge in [0.1, 0.15) is 16.7 Å². The number of anilines is 2. The molecule has 0 N–H and O–H groups in total. The van der Waals surface area contributed by atoms with Crippen LogP contribution in [-0.2, 0) is 5.41 Å². The third kappa shape index (κ3) is 3.82. The number of furan rings is 2. The lowest BCUT2D eigenvalue weighted by Gasteiger charge is -2.38. The SMILES string of the molecule is CC1(C)c2ccccc2-c2ccc(N(c3c4oc5ccccc5c4cc4oc5ccccc5c34)C3C=CC=CC3c3ccccc3)cc21. The molecule has 2 atom stereocenters. The van der Waals surface area contributed by atoms with Gasteiger partial charge in [0, 0.05) is 33.2 Å². The van der Waals surface area contributed by atoms with E-state index in [1.54, 1.807) is 0 Å². The van der Waals surface area contributed by atoms with Crippen molar-refractivity contribution in [1.82, 2.24) is 0 Å². The molecule has 2 aromatic heterocycles. The average molecular weight is 620 g/mol. The van der Waals surface area contributed by atoms with E-state index in [4.69, 9.17) is 8.83 Å².